The van der Waals surface area contributed by atoms with E-state index in [-0.39, 0.29) is 6.04 Å². The molecule has 0 aliphatic carbocycles. The smallest absolute Gasteiger partial charge is 0.0306 e. The van der Waals surface area contributed by atoms with Gasteiger partial charge in [-0.25, -0.2) is 0 Å². The molecule has 1 nitrogen and oxygen atoms in total. The number of benzene rings is 1. The van der Waals surface area contributed by atoms with E-state index in [2.05, 4.69) is 57.8 Å². The summed E-state index contributed by atoms with van der Waals surface area (Å²) in [6.07, 6.45) is 3.50. The third-order valence-corrected chi connectivity index (χ3v) is 3.84. The molecule has 1 unspecified atom stereocenters. The molecule has 1 atom stereocenters. The second-order valence-electron chi connectivity index (χ2n) is 4.60. The van der Waals surface area contributed by atoms with Crippen LogP contribution in [-0.2, 0) is 0 Å². The van der Waals surface area contributed by atoms with Gasteiger partial charge in [0.25, 0.3) is 0 Å². The van der Waals surface area contributed by atoms with Crippen LogP contribution in [0.3, 0.4) is 0 Å². The Hall–Kier alpha value is 0.140. The van der Waals surface area contributed by atoms with Crippen LogP contribution in [0, 0.1) is 5.92 Å². The van der Waals surface area contributed by atoms with Crippen molar-refractivity contribution in [2.45, 2.75) is 39.2 Å². The van der Waals surface area contributed by atoms with Crippen molar-refractivity contribution in [3.63, 3.8) is 0 Å². The fraction of sp³-hybridized carbons (Fsp3) is 0.538. The van der Waals surface area contributed by atoms with Gasteiger partial charge in [-0.05, 0) is 30.0 Å². The predicted molar refractivity (Wildman–Crippen MR) is 77.5 cm³/mol. The zero-order valence-electron chi connectivity index (χ0n) is 9.84. The quantitative estimate of drug-likeness (QED) is 0.792. The van der Waals surface area contributed by atoms with Crippen LogP contribution in [-0.4, -0.2) is 0 Å². The van der Waals surface area contributed by atoms with Crippen LogP contribution in [0.15, 0.2) is 27.1 Å². The Balaban J connectivity index is 2.55. The van der Waals surface area contributed by atoms with Gasteiger partial charge in [-0.3, -0.25) is 0 Å². The molecule has 0 bridgehead atoms. The molecule has 0 saturated heterocycles. The van der Waals surface area contributed by atoms with E-state index in [0.717, 1.165) is 21.3 Å². The van der Waals surface area contributed by atoms with Crippen molar-refractivity contribution in [3.8, 4) is 0 Å². The molecule has 0 amide bonds. The number of rotatable bonds is 5. The first-order chi connectivity index (χ1) is 7.50. The lowest BCUT2D eigenvalue weighted by atomic mass is 9.99. The molecule has 2 N–H and O–H groups in total. The molecular weight excluding hydrogens is 330 g/mol. The normalized spacial score (nSPS) is 13.1. The van der Waals surface area contributed by atoms with E-state index >= 15 is 0 Å². The van der Waals surface area contributed by atoms with E-state index in [1.807, 2.05) is 6.07 Å². The van der Waals surface area contributed by atoms with E-state index in [0.29, 0.717) is 0 Å². The Morgan fingerprint density at radius 3 is 2.44 bits per heavy atom. The van der Waals surface area contributed by atoms with Gasteiger partial charge in [0, 0.05) is 15.0 Å². The SMILES string of the molecule is CC(C)CCCC(N)c1ccc(Br)cc1Br. The number of nitrogens with two attached hydrogens (primary N) is 1. The summed E-state index contributed by atoms with van der Waals surface area (Å²) in [7, 11) is 0. The molecule has 0 heterocycles. The highest BCUT2D eigenvalue weighted by atomic mass is 79.9. The lowest BCUT2D eigenvalue weighted by molar-refractivity contribution is 0.505. The van der Waals surface area contributed by atoms with Crippen LogP contribution >= 0.6 is 31.9 Å². The van der Waals surface area contributed by atoms with Crippen LogP contribution in [0.25, 0.3) is 0 Å². The van der Waals surface area contributed by atoms with E-state index in [1.165, 1.54) is 18.4 Å². The summed E-state index contributed by atoms with van der Waals surface area (Å²) in [6, 6.07) is 6.33. The molecule has 1 rings (SSSR count). The Kier molecular flexibility index (Phi) is 6.01. The molecular formula is C13H19Br2N. The highest BCUT2D eigenvalue weighted by Gasteiger charge is 2.10. The van der Waals surface area contributed by atoms with E-state index < -0.39 is 0 Å². The Bertz CT molecular complexity index is 337. The molecule has 16 heavy (non-hydrogen) atoms. The van der Waals surface area contributed by atoms with Gasteiger partial charge in [0.15, 0.2) is 0 Å². The standard InChI is InChI=1S/C13H19Br2N/c1-9(2)4-3-5-13(16)11-7-6-10(14)8-12(11)15/h6-9,13H,3-5,16H2,1-2H3. The average molecular weight is 349 g/mol. The summed E-state index contributed by atoms with van der Waals surface area (Å²) in [6.45, 7) is 4.50. The second-order valence-corrected chi connectivity index (χ2v) is 6.37. The summed E-state index contributed by atoms with van der Waals surface area (Å²) >= 11 is 7.00. The molecule has 1 aromatic carbocycles. The largest absolute Gasteiger partial charge is 0.324 e. The topological polar surface area (TPSA) is 26.0 Å². The Morgan fingerprint density at radius 1 is 1.19 bits per heavy atom. The van der Waals surface area contributed by atoms with Crippen molar-refractivity contribution in [2.24, 2.45) is 11.7 Å². The molecule has 0 aliphatic rings. The first-order valence-electron chi connectivity index (χ1n) is 5.71. The highest BCUT2D eigenvalue weighted by Crippen LogP contribution is 2.28. The number of hydrogen-bond acceptors (Lipinski definition) is 1. The van der Waals surface area contributed by atoms with Gasteiger partial charge in [-0.1, -0.05) is 64.6 Å². The fourth-order valence-corrected chi connectivity index (χ4v) is 3.04. The predicted octanol–water partition coefficient (Wildman–Crippen LogP) is 5.04. The molecule has 0 saturated carbocycles. The molecule has 0 aromatic heterocycles. The van der Waals surface area contributed by atoms with Crippen LogP contribution in [0.2, 0.25) is 0 Å². The lowest BCUT2D eigenvalue weighted by Gasteiger charge is -2.14. The monoisotopic (exact) mass is 347 g/mol. The van der Waals surface area contributed by atoms with Crippen molar-refractivity contribution < 1.29 is 0 Å². The zero-order valence-corrected chi connectivity index (χ0v) is 13.0. The van der Waals surface area contributed by atoms with Gasteiger partial charge in [0.1, 0.15) is 0 Å². The van der Waals surface area contributed by atoms with E-state index in [1.54, 1.807) is 0 Å². The molecule has 0 aliphatic heterocycles. The molecule has 90 valence electrons. The molecule has 0 fully saturated rings. The molecule has 3 heteroatoms. The van der Waals surface area contributed by atoms with Crippen LogP contribution in [0.1, 0.15) is 44.7 Å². The number of hydrogen-bond donors (Lipinski definition) is 1. The fourth-order valence-electron chi connectivity index (χ4n) is 1.70. The molecule has 0 radical (unpaired) electrons. The van der Waals surface area contributed by atoms with Crippen molar-refractivity contribution in [2.75, 3.05) is 0 Å². The van der Waals surface area contributed by atoms with Crippen molar-refractivity contribution >= 4 is 31.9 Å². The minimum absolute atomic E-state index is 0.140. The van der Waals surface area contributed by atoms with Crippen LogP contribution in [0.4, 0.5) is 0 Å². The minimum atomic E-state index is 0.140. The van der Waals surface area contributed by atoms with Crippen molar-refractivity contribution in [1.82, 2.24) is 0 Å². The summed E-state index contributed by atoms with van der Waals surface area (Å²) in [5.41, 5.74) is 7.39. The van der Waals surface area contributed by atoms with Gasteiger partial charge in [-0.15, -0.1) is 0 Å². The average Bonchev–Trinajstić information content (AvgIpc) is 2.16. The first-order valence-corrected chi connectivity index (χ1v) is 7.30. The van der Waals surface area contributed by atoms with Crippen molar-refractivity contribution in [3.05, 3.63) is 32.7 Å². The third kappa shape index (κ3) is 4.56. The van der Waals surface area contributed by atoms with Gasteiger partial charge in [0.2, 0.25) is 0 Å². The van der Waals surface area contributed by atoms with Gasteiger partial charge >= 0.3 is 0 Å². The summed E-state index contributed by atoms with van der Waals surface area (Å²) < 4.78 is 2.18. The van der Waals surface area contributed by atoms with Crippen LogP contribution < -0.4 is 5.73 Å². The van der Waals surface area contributed by atoms with Crippen LogP contribution in [0.5, 0.6) is 0 Å². The Labute approximate surface area is 115 Å². The van der Waals surface area contributed by atoms with Gasteiger partial charge in [0.05, 0.1) is 0 Å². The zero-order chi connectivity index (χ0) is 12.1. The maximum Gasteiger partial charge on any atom is 0.0306 e. The first kappa shape index (κ1) is 14.2. The van der Waals surface area contributed by atoms with E-state index in [9.17, 15) is 0 Å². The third-order valence-electron chi connectivity index (χ3n) is 2.66. The van der Waals surface area contributed by atoms with E-state index in [4.69, 9.17) is 5.73 Å². The van der Waals surface area contributed by atoms with Crippen molar-refractivity contribution in [1.29, 1.82) is 0 Å². The summed E-state index contributed by atoms with van der Waals surface area (Å²) in [5, 5.41) is 0. The summed E-state index contributed by atoms with van der Waals surface area (Å²) in [5.74, 6) is 0.764. The minimum Gasteiger partial charge on any atom is -0.324 e. The Morgan fingerprint density at radius 2 is 1.88 bits per heavy atom. The highest BCUT2D eigenvalue weighted by molar-refractivity contribution is 9.11. The summed E-state index contributed by atoms with van der Waals surface area (Å²) in [4.78, 5) is 0. The van der Waals surface area contributed by atoms with Gasteiger partial charge in [-0.2, -0.15) is 0 Å². The maximum atomic E-state index is 6.19. The maximum absolute atomic E-state index is 6.19. The molecule has 1 aromatic rings. The lowest BCUT2D eigenvalue weighted by Crippen LogP contribution is -2.11. The molecule has 0 spiro atoms. The second kappa shape index (κ2) is 6.77. The number of halogens is 2. The van der Waals surface area contributed by atoms with Gasteiger partial charge < -0.3 is 5.73 Å².